The predicted octanol–water partition coefficient (Wildman–Crippen LogP) is 14.9. The summed E-state index contributed by atoms with van der Waals surface area (Å²) in [4.78, 5) is 14.9. The van der Waals surface area contributed by atoms with Gasteiger partial charge in [-0.15, -0.1) is 0 Å². The van der Waals surface area contributed by atoms with Crippen LogP contribution in [-0.2, 0) is 0 Å². The average molecular weight is 793 g/mol. The molecule has 5 heteroatoms. The number of rotatable bonds is 7. The van der Waals surface area contributed by atoms with Crippen LogP contribution in [0.25, 0.3) is 117 Å². The molecular weight excluding hydrogens is 757 g/mol. The second-order valence-electron chi connectivity index (χ2n) is 15.6. The largest absolute Gasteiger partial charge is 0.456 e. The van der Waals surface area contributed by atoms with E-state index in [-0.39, 0.29) is 0 Å². The molecule has 0 aliphatic carbocycles. The van der Waals surface area contributed by atoms with E-state index in [9.17, 15) is 0 Å². The van der Waals surface area contributed by atoms with Crippen LogP contribution >= 0.6 is 0 Å². The number of benzene rings is 9. The van der Waals surface area contributed by atoms with Gasteiger partial charge in [-0.1, -0.05) is 158 Å². The zero-order valence-corrected chi connectivity index (χ0v) is 33.5. The van der Waals surface area contributed by atoms with E-state index in [4.69, 9.17) is 19.4 Å². The summed E-state index contributed by atoms with van der Waals surface area (Å²) in [5.74, 6) is 1.89. The van der Waals surface area contributed by atoms with Crippen molar-refractivity contribution in [2.24, 2.45) is 0 Å². The minimum atomic E-state index is 0.618. The highest BCUT2D eigenvalue weighted by Crippen LogP contribution is 2.41. The summed E-state index contributed by atoms with van der Waals surface area (Å²) in [5.41, 5.74) is 14.8. The van der Waals surface area contributed by atoms with E-state index >= 15 is 0 Å². The second-order valence-corrected chi connectivity index (χ2v) is 15.6. The van der Waals surface area contributed by atoms with Gasteiger partial charge in [0.25, 0.3) is 0 Å². The van der Waals surface area contributed by atoms with Gasteiger partial charge in [0.1, 0.15) is 11.2 Å². The van der Waals surface area contributed by atoms with Gasteiger partial charge < -0.3 is 8.98 Å². The summed E-state index contributed by atoms with van der Waals surface area (Å²) in [5, 5.41) is 4.62. The molecule has 0 unspecified atom stereocenters. The molecule has 12 rings (SSSR count). The Kier molecular flexibility index (Phi) is 8.42. The first-order valence-electron chi connectivity index (χ1n) is 20.8. The van der Waals surface area contributed by atoms with Crippen LogP contribution in [0.3, 0.4) is 0 Å². The van der Waals surface area contributed by atoms with Gasteiger partial charge >= 0.3 is 0 Å². The van der Waals surface area contributed by atoms with Gasteiger partial charge in [0.05, 0.1) is 11.0 Å². The van der Waals surface area contributed by atoms with E-state index in [0.29, 0.717) is 17.5 Å². The fourth-order valence-corrected chi connectivity index (χ4v) is 8.90. The van der Waals surface area contributed by atoms with Gasteiger partial charge in [0.15, 0.2) is 17.5 Å². The third kappa shape index (κ3) is 6.14. The number of nitrogens with zero attached hydrogens (tertiary/aromatic N) is 4. The van der Waals surface area contributed by atoms with Crippen LogP contribution < -0.4 is 0 Å². The highest BCUT2D eigenvalue weighted by atomic mass is 16.3. The van der Waals surface area contributed by atoms with Crippen molar-refractivity contribution in [2.75, 3.05) is 0 Å². The summed E-state index contributed by atoms with van der Waals surface area (Å²) in [6, 6.07) is 76.4. The van der Waals surface area contributed by atoms with Crippen LogP contribution in [0.4, 0.5) is 0 Å². The van der Waals surface area contributed by atoms with Crippen LogP contribution in [-0.4, -0.2) is 19.5 Å². The van der Waals surface area contributed by atoms with Crippen molar-refractivity contribution in [1.29, 1.82) is 0 Å². The van der Waals surface area contributed by atoms with E-state index in [2.05, 4.69) is 162 Å². The molecule has 0 radical (unpaired) electrons. The second kappa shape index (κ2) is 14.7. The monoisotopic (exact) mass is 792 g/mol. The zero-order chi connectivity index (χ0) is 41.0. The third-order valence-electron chi connectivity index (χ3n) is 11.8. The normalized spacial score (nSPS) is 11.5. The molecule has 0 bridgehead atoms. The molecule has 290 valence electrons. The van der Waals surface area contributed by atoms with Crippen LogP contribution in [0, 0.1) is 0 Å². The molecule has 0 fully saturated rings. The van der Waals surface area contributed by atoms with Gasteiger partial charge in [0.2, 0.25) is 0 Å². The Labute approximate surface area is 357 Å². The first-order chi connectivity index (χ1) is 30.7. The molecule has 0 spiro atoms. The van der Waals surface area contributed by atoms with E-state index in [1.54, 1.807) is 0 Å². The molecular formula is C57H36N4O. The number of hydrogen-bond acceptors (Lipinski definition) is 4. The van der Waals surface area contributed by atoms with Crippen molar-refractivity contribution in [3.05, 3.63) is 218 Å². The topological polar surface area (TPSA) is 56.7 Å². The molecule has 0 saturated heterocycles. The fraction of sp³-hybridized carbons (Fsp3) is 0. The van der Waals surface area contributed by atoms with Gasteiger partial charge in [-0.3, -0.25) is 0 Å². The van der Waals surface area contributed by atoms with Crippen molar-refractivity contribution in [3.8, 4) is 73.2 Å². The highest BCUT2D eigenvalue weighted by molar-refractivity contribution is 6.14. The number of aromatic nitrogens is 4. The lowest BCUT2D eigenvalue weighted by atomic mass is 9.95. The van der Waals surface area contributed by atoms with Crippen molar-refractivity contribution >= 4 is 43.7 Å². The summed E-state index contributed by atoms with van der Waals surface area (Å²) in [6.45, 7) is 0. The quantitative estimate of drug-likeness (QED) is 0.161. The maximum Gasteiger partial charge on any atom is 0.164 e. The molecule has 0 saturated carbocycles. The molecule has 12 aromatic rings. The maximum absolute atomic E-state index is 6.52. The molecule has 3 heterocycles. The summed E-state index contributed by atoms with van der Waals surface area (Å²) in [6.07, 6.45) is 0. The number of hydrogen-bond donors (Lipinski definition) is 0. The van der Waals surface area contributed by atoms with E-state index in [1.807, 2.05) is 60.7 Å². The van der Waals surface area contributed by atoms with Crippen LogP contribution in [0.2, 0.25) is 0 Å². The smallest absolute Gasteiger partial charge is 0.164 e. The number of para-hydroxylation sites is 2. The van der Waals surface area contributed by atoms with Crippen LogP contribution in [0.1, 0.15) is 0 Å². The van der Waals surface area contributed by atoms with E-state index in [1.165, 1.54) is 32.9 Å². The van der Waals surface area contributed by atoms with Crippen molar-refractivity contribution in [3.63, 3.8) is 0 Å². The lowest BCUT2D eigenvalue weighted by Gasteiger charge is -2.10. The van der Waals surface area contributed by atoms with Crippen molar-refractivity contribution in [2.45, 2.75) is 0 Å². The molecule has 5 nitrogen and oxygen atoms in total. The molecule has 62 heavy (non-hydrogen) atoms. The Morgan fingerprint density at radius 2 is 0.806 bits per heavy atom. The molecule has 9 aromatic carbocycles. The summed E-state index contributed by atoms with van der Waals surface area (Å²) in [7, 11) is 0. The Morgan fingerprint density at radius 1 is 0.306 bits per heavy atom. The minimum absolute atomic E-state index is 0.618. The zero-order valence-electron chi connectivity index (χ0n) is 33.5. The Bertz CT molecular complexity index is 3570. The Hall–Kier alpha value is -8.41. The van der Waals surface area contributed by atoms with E-state index < -0.39 is 0 Å². The lowest BCUT2D eigenvalue weighted by Crippen LogP contribution is -2.00. The molecule has 3 aromatic heterocycles. The van der Waals surface area contributed by atoms with E-state index in [0.717, 1.165) is 66.6 Å². The predicted molar refractivity (Wildman–Crippen MR) is 254 cm³/mol. The average Bonchev–Trinajstić information content (AvgIpc) is 3.90. The Morgan fingerprint density at radius 3 is 1.52 bits per heavy atom. The van der Waals surface area contributed by atoms with Gasteiger partial charge in [-0.2, -0.15) is 0 Å². The lowest BCUT2D eigenvalue weighted by molar-refractivity contribution is 0.669. The number of fused-ring (bicyclic) bond motifs is 6. The van der Waals surface area contributed by atoms with Crippen LogP contribution in [0.15, 0.2) is 223 Å². The van der Waals surface area contributed by atoms with Gasteiger partial charge in [0, 0.05) is 43.9 Å². The molecule has 0 atom stereocenters. The molecule has 0 amide bonds. The summed E-state index contributed by atoms with van der Waals surface area (Å²) < 4.78 is 8.88. The third-order valence-corrected chi connectivity index (χ3v) is 11.8. The summed E-state index contributed by atoms with van der Waals surface area (Å²) >= 11 is 0. The highest BCUT2D eigenvalue weighted by Gasteiger charge is 2.18. The maximum atomic E-state index is 6.52. The van der Waals surface area contributed by atoms with Crippen molar-refractivity contribution in [1.82, 2.24) is 19.5 Å². The molecule has 0 N–H and O–H groups in total. The minimum Gasteiger partial charge on any atom is -0.456 e. The molecule has 0 aliphatic heterocycles. The van der Waals surface area contributed by atoms with Gasteiger partial charge in [-0.25, -0.2) is 15.0 Å². The van der Waals surface area contributed by atoms with Crippen molar-refractivity contribution < 1.29 is 4.42 Å². The molecule has 0 aliphatic rings. The SMILES string of the molecule is c1ccc(-c2nc(-c3ccccc3)nc(-c3cccc(-c4cccc5oc6ccc(-c7cccc(-c8ccc9c(c8)c8ccccc8n9-c8ccccc8)c7)cc6c45)c3)n2)cc1. The first kappa shape index (κ1) is 35.5. The standard InChI is InChI=1S/C57H36N4O/c1-4-15-37(16-5-1)55-58-56(38-17-6-2-7-18-38)60-57(59-55)44-22-13-21-43(34-44)46-26-14-28-53-54(46)49-36-42(30-32-52(49)62-53)40-20-12-19-39(33-40)41-29-31-51-48(35-41)47-25-10-11-27-50(47)61(51)45-23-8-3-9-24-45/h1-36H. The fourth-order valence-electron chi connectivity index (χ4n) is 8.90. The van der Waals surface area contributed by atoms with Crippen LogP contribution in [0.5, 0.6) is 0 Å². The first-order valence-corrected chi connectivity index (χ1v) is 20.8. The number of furan rings is 1. The Balaban J connectivity index is 0.940. The van der Waals surface area contributed by atoms with Gasteiger partial charge in [-0.05, 0) is 94.0 Å².